The molecule has 1 atom stereocenters. The first-order chi connectivity index (χ1) is 4.18. The number of hydrogen-bond donors (Lipinski definition) is 1. The number of rotatable bonds is 4. The van der Waals surface area contributed by atoms with Gasteiger partial charge in [0.05, 0.1) is 0 Å². The van der Waals surface area contributed by atoms with Crippen molar-refractivity contribution in [2.45, 2.75) is 32.4 Å². The minimum Gasteiger partial charge on any atom is -0.268 e. The molecule has 2 N–H and O–H groups in total. The SMILES string of the molecule is CCCCC(N)[N+](=O)[O-]. The largest absolute Gasteiger partial charge is 0.268 e. The van der Waals surface area contributed by atoms with E-state index in [0.717, 1.165) is 12.8 Å². The molecule has 0 heterocycles. The Bertz CT molecular complexity index is 95.0. The number of nitro groups is 1. The predicted molar refractivity (Wildman–Crippen MR) is 34.5 cm³/mol. The maximum absolute atomic E-state index is 9.89. The summed E-state index contributed by atoms with van der Waals surface area (Å²) in [5.41, 5.74) is 5.10. The molecule has 0 radical (unpaired) electrons. The molecule has 0 saturated heterocycles. The summed E-state index contributed by atoms with van der Waals surface area (Å²) in [4.78, 5) is 9.44. The summed E-state index contributed by atoms with van der Waals surface area (Å²) in [7, 11) is 0. The summed E-state index contributed by atoms with van der Waals surface area (Å²) in [5, 5.41) is 9.89. The van der Waals surface area contributed by atoms with Crippen LogP contribution in [0.3, 0.4) is 0 Å². The summed E-state index contributed by atoms with van der Waals surface area (Å²) < 4.78 is 0. The van der Waals surface area contributed by atoms with Gasteiger partial charge < -0.3 is 0 Å². The Balaban J connectivity index is 3.27. The van der Waals surface area contributed by atoms with Crippen LogP contribution in [-0.2, 0) is 0 Å². The average Bonchev–Trinajstić information content (AvgIpc) is 1.82. The van der Waals surface area contributed by atoms with Gasteiger partial charge in [-0.3, -0.25) is 15.8 Å². The molecule has 0 rings (SSSR count). The van der Waals surface area contributed by atoms with Gasteiger partial charge in [-0.2, -0.15) is 0 Å². The van der Waals surface area contributed by atoms with Crippen molar-refractivity contribution in [2.75, 3.05) is 0 Å². The lowest BCUT2D eigenvalue weighted by atomic mass is 10.2. The van der Waals surface area contributed by atoms with Gasteiger partial charge in [0, 0.05) is 11.3 Å². The van der Waals surface area contributed by atoms with E-state index < -0.39 is 11.1 Å². The second-order valence-corrected chi connectivity index (χ2v) is 1.99. The lowest BCUT2D eigenvalue weighted by Gasteiger charge is -1.99. The first kappa shape index (κ1) is 8.36. The van der Waals surface area contributed by atoms with Crippen LogP contribution in [-0.4, -0.2) is 11.1 Å². The summed E-state index contributed by atoms with van der Waals surface area (Å²) in [6, 6.07) is 0. The molecule has 0 amide bonds. The molecule has 0 aliphatic heterocycles. The van der Waals surface area contributed by atoms with Crippen LogP contribution in [0.2, 0.25) is 0 Å². The molecule has 0 saturated carbocycles. The fourth-order valence-electron chi connectivity index (χ4n) is 0.519. The predicted octanol–water partition coefficient (Wildman–Crippen LogP) is 0.738. The molecule has 0 fully saturated rings. The number of nitrogens with two attached hydrogens (primary N) is 1. The standard InChI is InChI=1S/C5H12N2O2/c1-2-3-4-5(6)7(8)9/h5H,2-4,6H2,1H3. The smallest absolute Gasteiger partial charge is 0.263 e. The molecule has 54 valence electrons. The van der Waals surface area contributed by atoms with Crippen LogP contribution >= 0.6 is 0 Å². The molecule has 0 bridgehead atoms. The summed E-state index contributed by atoms with van der Waals surface area (Å²) in [6.07, 6.45) is 1.43. The van der Waals surface area contributed by atoms with Crippen molar-refractivity contribution >= 4 is 0 Å². The Kier molecular flexibility index (Phi) is 3.96. The third kappa shape index (κ3) is 3.90. The van der Waals surface area contributed by atoms with Gasteiger partial charge in [-0.25, -0.2) is 0 Å². The Hall–Kier alpha value is -0.640. The zero-order valence-corrected chi connectivity index (χ0v) is 5.54. The van der Waals surface area contributed by atoms with E-state index in [0.29, 0.717) is 6.42 Å². The van der Waals surface area contributed by atoms with Gasteiger partial charge in [-0.1, -0.05) is 13.3 Å². The maximum atomic E-state index is 9.89. The Morgan fingerprint density at radius 1 is 1.78 bits per heavy atom. The lowest BCUT2D eigenvalue weighted by molar-refractivity contribution is -0.522. The van der Waals surface area contributed by atoms with E-state index in [1.54, 1.807) is 0 Å². The molecule has 4 nitrogen and oxygen atoms in total. The molecule has 0 aliphatic rings. The van der Waals surface area contributed by atoms with Crippen molar-refractivity contribution in [1.29, 1.82) is 0 Å². The third-order valence-electron chi connectivity index (χ3n) is 1.12. The van der Waals surface area contributed by atoms with E-state index in [1.165, 1.54) is 0 Å². The highest BCUT2D eigenvalue weighted by Crippen LogP contribution is 1.97. The normalized spacial score (nSPS) is 13.1. The monoisotopic (exact) mass is 132 g/mol. The zero-order valence-electron chi connectivity index (χ0n) is 5.54. The fraction of sp³-hybridized carbons (Fsp3) is 1.00. The zero-order chi connectivity index (χ0) is 7.28. The van der Waals surface area contributed by atoms with Crippen molar-refractivity contribution in [3.8, 4) is 0 Å². The van der Waals surface area contributed by atoms with Crippen molar-refractivity contribution in [3.63, 3.8) is 0 Å². The van der Waals surface area contributed by atoms with Crippen molar-refractivity contribution in [1.82, 2.24) is 0 Å². The van der Waals surface area contributed by atoms with Gasteiger partial charge >= 0.3 is 0 Å². The number of nitrogens with zero attached hydrogens (tertiary/aromatic N) is 1. The molecular weight excluding hydrogens is 120 g/mol. The number of unbranched alkanes of at least 4 members (excludes halogenated alkanes) is 1. The van der Waals surface area contributed by atoms with Crippen molar-refractivity contribution in [3.05, 3.63) is 10.1 Å². The van der Waals surface area contributed by atoms with Crippen LogP contribution in [0.15, 0.2) is 0 Å². The van der Waals surface area contributed by atoms with Crippen molar-refractivity contribution in [2.24, 2.45) is 5.73 Å². The topological polar surface area (TPSA) is 69.2 Å². The minimum absolute atomic E-state index is 0.449. The highest BCUT2D eigenvalue weighted by molar-refractivity contribution is 4.44. The highest BCUT2D eigenvalue weighted by atomic mass is 16.6. The van der Waals surface area contributed by atoms with E-state index in [-0.39, 0.29) is 0 Å². The van der Waals surface area contributed by atoms with Gasteiger partial charge in [0.15, 0.2) is 0 Å². The van der Waals surface area contributed by atoms with E-state index in [1.807, 2.05) is 6.92 Å². The van der Waals surface area contributed by atoms with Crippen LogP contribution in [0.1, 0.15) is 26.2 Å². The van der Waals surface area contributed by atoms with Gasteiger partial charge in [-0.05, 0) is 6.42 Å². The molecule has 9 heavy (non-hydrogen) atoms. The Morgan fingerprint density at radius 3 is 2.67 bits per heavy atom. The van der Waals surface area contributed by atoms with Crippen molar-refractivity contribution < 1.29 is 4.92 Å². The van der Waals surface area contributed by atoms with Gasteiger partial charge in [0.2, 0.25) is 0 Å². The van der Waals surface area contributed by atoms with Crippen LogP contribution < -0.4 is 5.73 Å². The highest BCUT2D eigenvalue weighted by Gasteiger charge is 2.10. The van der Waals surface area contributed by atoms with Crippen LogP contribution in [0.4, 0.5) is 0 Å². The Morgan fingerprint density at radius 2 is 2.33 bits per heavy atom. The van der Waals surface area contributed by atoms with E-state index in [4.69, 9.17) is 5.73 Å². The molecule has 0 aromatic rings. The van der Waals surface area contributed by atoms with E-state index in [2.05, 4.69) is 0 Å². The molecular formula is C5H12N2O2. The molecule has 0 spiro atoms. The quantitative estimate of drug-likeness (QED) is 0.348. The van der Waals surface area contributed by atoms with E-state index >= 15 is 0 Å². The molecule has 4 heteroatoms. The second kappa shape index (κ2) is 4.26. The van der Waals surface area contributed by atoms with Crippen LogP contribution in [0.5, 0.6) is 0 Å². The lowest BCUT2D eigenvalue weighted by Crippen LogP contribution is -2.29. The number of hydrogen-bond acceptors (Lipinski definition) is 3. The van der Waals surface area contributed by atoms with Crippen LogP contribution in [0.25, 0.3) is 0 Å². The van der Waals surface area contributed by atoms with Gasteiger partial charge in [0.25, 0.3) is 6.17 Å². The van der Waals surface area contributed by atoms with Crippen LogP contribution in [0, 0.1) is 10.1 Å². The second-order valence-electron chi connectivity index (χ2n) is 1.99. The first-order valence-corrected chi connectivity index (χ1v) is 3.07. The maximum Gasteiger partial charge on any atom is 0.263 e. The van der Waals surface area contributed by atoms with Gasteiger partial charge in [-0.15, -0.1) is 0 Å². The summed E-state index contributed by atoms with van der Waals surface area (Å²) in [6.45, 7) is 1.98. The fourth-order valence-corrected chi connectivity index (χ4v) is 0.519. The Labute approximate surface area is 54.2 Å². The van der Waals surface area contributed by atoms with E-state index in [9.17, 15) is 10.1 Å². The molecule has 0 aromatic carbocycles. The molecule has 0 aromatic heterocycles. The minimum atomic E-state index is -0.857. The summed E-state index contributed by atoms with van der Waals surface area (Å²) in [5.74, 6) is 0. The molecule has 1 unspecified atom stereocenters. The molecule has 0 aliphatic carbocycles. The summed E-state index contributed by atoms with van der Waals surface area (Å²) >= 11 is 0. The van der Waals surface area contributed by atoms with Gasteiger partial charge in [0.1, 0.15) is 0 Å². The first-order valence-electron chi connectivity index (χ1n) is 3.07. The third-order valence-corrected chi connectivity index (χ3v) is 1.12. The average molecular weight is 132 g/mol.